The monoisotopic (exact) mass is 661 g/mol. The van der Waals surface area contributed by atoms with Crippen LogP contribution in [0.5, 0.6) is 0 Å². The molecule has 1 heterocycles. The second-order valence-electron chi connectivity index (χ2n) is 13.3. The minimum atomic E-state index is -4.93. The normalized spacial score (nSPS) is 28.7. The molecule has 3 aliphatic carbocycles. The van der Waals surface area contributed by atoms with Crippen LogP contribution in [0, 0.1) is 16.2 Å². The zero-order chi connectivity index (χ0) is 31.5. The fourth-order valence-corrected chi connectivity index (χ4v) is 8.50. The predicted molar refractivity (Wildman–Crippen MR) is 156 cm³/mol. The van der Waals surface area contributed by atoms with Gasteiger partial charge in [0.05, 0.1) is 45.4 Å². The van der Waals surface area contributed by atoms with Crippen molar-refractivity contribution in [2.75, 3.05) is 13.1 Å². The second-order valence-corrected chi connectivity index (χ2v) is 14.5. The van der Waals surface area contributed by atoms with E-state index in [0.717, 1.165) is 43.0 Å². The third-order valence-electron chi connectivity index (χ3n) is 9.97. The van der Waals surface area contributed by atoms with Crippen LogP contribution >= 0.6 is 34.8 Å². The first-order chi connectivity index (χ1) is 20.0. The lowest BCUT2D eigenvalue weighted by Crippen LogP contribution is -2.43. The Kier molecular flexibility index (Phi) is 8.40. The molecule has 1 aromatic heterocycles. The van der Waals surface area contributed by atoms with Crippen molar-refractivity contribution in [2.24, 2.45) is 16.2 Å². The summed E-state index contributed by atoms with van der Waals surface area (Å²) in [5.74, 6) is -2.56. The van der Waals surface area contributed by atoms with Crippen LogP contribution in [0.4, 0.5) is 13.2 Å². The highest BCUT2D eigenvalue weighted by molar-refractivity contribution is 6.42. The number of carboxylic acid groups (broad SMARTS) is 1. The molecule has 7 nitrogen and oxygen atoms in total. The fraction of sp³-hybridized carbons (Fsp3) is 0.600. The second kappa shape index (κ2) is 11.2. The Bertz CT molecular complexity index is 1440. The number of carbonyl (C=O) groups excluding carboxylic acids is 2. The van der Waals surface area contributed by atoms with E-state index in [1.807, 2.05) is 0 Å². The third-order valence-corrected chi connectivity index (χ3v) is 10.8. The van der Waals surface area contributed by atoms with Gasteiger partial charge >= 0.3 is 12.1 Å². The van der Waals surface area contributed by atoms with Gasteiger partial charge in [-0.3, -0.25) is 19.1 Å². The van der Waals surface area contributed by atoms with E-state index in [1.165, 1.54) is 17.0 Å². The molecular formula is C30H33Cl3F3N3O4. The van der Waals surface area contributed by atoms with Gasteiger partial charge in [0, 0.05) is 11.6 Å². The quantitative estimate of drug-likeness (QED) is 0.287. The summed E-state index contributed by atoms with van der Waals surface area (Å²) >= 11 is 18.6. The summed E-state index contributed by atoms with van der Waals surface area (Å²) < 4.78 is 44.7. The highest BCUT2D eigenvalue weighted by Gasteiger charge is 2.53. The summed E-state index contributed by atoms with van der Waals surface area (Å²) in [6.45, 7) is 3.34. The number of benzene rings is 1. The highest BCUT2D eigenvalue weighted by atomic mass is 35.5. The van der Waals surface area contributed by atoms with Gasteiger partial charge in [0.2, 0.25) is 0 Å². The van der Waals surface area contributed by atoms with Crippen molar-refractivity contribution in [3.05, 3.63) is 50.2 Å². The molecule has 0 spiro atoms. The number of halogens is 6. The van der Waals surface area contributed by atoms with Crippen LogP contribution in [0.2, 0.25) is 15.1 Å². The summed E-state index contributed by atoms with van der Waals surface area (Å²) in [5, 5.41) is 13.8. The smallest absolute Gasteiger partial charge is 0.433 e. The van der Waals surface area contributed by atoms with Gasteiger partial charge in [-0.1, -0.05) is 41.7 Å². The number of aromatic nitrogens is 2. The number of alkyl halides is 3. The molecule has 43 heavy (non-hydrogen) atoms. The molecule has 0 unspecified atom stereocenters. The van der Waals surface area contributed by atoms with Crippen LogP contribution in [0.25, 0.3) is 0 Å². The summed E-state index contributed by atoms with van der Waals surface area (Å²) in [6.07, 6.45) is 0.996. The van der Waals surface area contributed by atoms with Crippen molar-refractivity contribution in [2.45, 2.75) is 83.9 Å². The number of fused-ring (bicyclic) bond motifs is 2. The summed E-state index contributed by atoms with van der Waals surface area (Å²) in [5.41, 5.74) is -3.12. The van der Waals surface area contributed by atoms with E-state index >= 15 is 0 Å². The van der Waals surface area contributed by atoms with Gasteiger partial charge in [-0.2, -0.15) is 18.3 Å². The third kappa shape index (κ3) is 6.16. The SMILES string of the molecule is CC12CCC(CN(CC(=O)c3c(Cl)cc(Cl)cc3Cl)C(=O)c3cnn([C@H]4CC[C@](C)(C(=O)O)CC4)c3C(F)(F)F)(CC1)C2. The van der Waals surface area contributed by atoms with Crippen LogP contribution in [0.15, 0.2) is 18.3 Å². The lowest BCUT2D eigenvalue weighted by Gasteiger charge is -2.35. The zero-order valence-corrected chi connectivity index (χ0v) is 26.1. The Labute approximate surface area is 262 Å². The number of nitrogens with zero attached hydrogens (tertiary/aromatic N) is 3. The maximum absolute atomic E-state index is 14.6. The molecule has 234 valence electrons. The topological polar surface area (TPSA) is 92.5 Å². The molecule has 3 aliphatic rings. The number of hydrogen-bond acceptors (Lipinski definition) is 4. The molecule has 1 N–H and O–H groups in total. The first-order valence-electron chi connectivity index (χ1n) is 14.3. The number of ketones is 1. The largest absolute Gasteiger partial charge is 0.481 e. The Morgan fingerprint density at radius 2 is 1.60 bits per heavy atom. The first-order valence-corrected chi connectivity index (χ1v) is 15.4. The van der Waals surface area contributed by atoms with E-state index in [-0.39, 0.29) is 63.7 Å². The lowest BCUT2D eigenvalue weighted by molar-refractivity contribution is -0.152. The molecule has 2 aromatic rings. The minimum Gasteiger partial charge on any atom is -0.481 e. The van der Waals surface area contributed by atoms with Gasteiger partial charge in [0.1, 0.15) is 0 Å². The van der Waals surface area contributed by atoms with Crippen molar-refractivity contribution in [3.63, 3.8) is 0 Å². The van der Waals surface area contributed by atoms with Crippen LogP contribution < -0.4 is 0 Å². The number of carboxylic acids is 1. The molecule has 3 saturated carbocycles. The molecule has 0 aliphatic heterocycles. The summed E-state index contributed by atoms with van der Waals surface area (Å²) in [4.78, 5) is 40.5. The molecule has 0 saturated heterocycles. The predicted octanol–water partition coefficient (Wildman–Crippen LogP) is 8.36. The summed E-state index contributed by atoms with van der Waals surface area (Å²) in [6, 6.07) is 1.96. The van der Waals surface area contributed by atoms with Gasteiger partial charge < -0.3 is 10.0 Å². The molecule has 13 heteroatoms. The standard InChI is InChI=1S/C30H33Cl3F3N3O4/c1-27-7-9-29(15-27,10-8-27)16-38(14-22(40)23-20(32)11-17(31)12-21(23)33)25(41)19-13-37-39(24(19)30(34,35)36)18-3-5-28(2,6-4-18)26(42)43/h11-13,18H,3-10,14-16H2,1-2H3,(H,42,43)/t18-,27?,28-,29?. The first kappa shape index (κ1) is 32.1. The maximum atomic E-state index is 14.6. The van der Waals surface area contributed by atoms with Crippen molar-refractivity contribution < 1.29 is 32.7 Å². The van der Waals surface area contributed by atoms with Crippen LogP contribution in [0.1, 0.15) is 104 Å². The van der Waals surface area contributed by atoms with Crippen molar-refractivity contribution in [1.29, 1.82) is 0 Å². The number of Topliss-reactive ketones (excluding diaryl/α,β-unsaturated/α-hetero) is 1. The van der Waals surface area contributed by atoms with E-state index in [4.69, 9.17) is 34.8 Å². The van der Waals surface area contributed by atoms with Crippen molar-refractivity contribution in [3.8, 4) is 0 Å². The molecular weight excluding hydrogens is 630 g/mol. The van der Waals surface area contributed by atoms with Crippen LogP contribution in [-0.4, -0.2) is 50.5 Å². The minimum absolute atomic E-state index is 0.0168. The van der Waals surface area contributed by atoms with Gasteiger partial charge in [0.25, 0.3) is 5.91 Å². The van der Waals surface area contributed by atoms with Crippen molar-refractivity contribution >= 4 is 52.5 Å². The summed E-state index contributed by atoms with van der Waals surface area (Å²) in [7, 11) is 0. The Hall–Kier alpha value is -2.30. The van der Waals surface area contributed by atoms with E-state index in [1.54, 1.807) is 6.92 Å². The Morgan fingerprint density at radius 3 is 2.09 bits per heavy atom. The van der Waals surface area contributed by atoms with E-state index in [0.29, 0.717) is 0 Å². The molecule has 1 aromatic carbocycles. The van der Waals surface area contributed by atoms with Gasteiger partial charge in [-0.25, -0.2) is 0 Å². The molecule has 1 amide bonds. The molecule has 2 bridgehead atoms. The number of rotatable bonds is 8. The molecule has 0 atom stereocenters. The average Bonchev–Trinajstić information content (AvgIpc) is 3.58. The van der Waals surface area contributed by atoms with Gasteiger partial charge in [-0.05, 0) is 87.7 Å². The molecule has 0 radical (unpaired) electrons. The number of amides is 1. The number of carbonyl (C=O) groups is 3. The fourth-order valence-electron chi connectivity index (χ4n) is 7.47. The van der Waals surface area contributed by atoms with Gasteiger partial charge in [-0.15, -0.1) is 0 Å². The maximum Gasteiger partial charge on any atom is 0.433 e. The zero-order valence-electron chi connectivity index (χ0n) is 23.9. The van der Waals surface area contributed by atoms with Crippen molar-refractivity contribution in [1.82, 2.24) is 14.7 Å². The molecule has 3 fully saturated rings. The highest BCUT2D eigenvalue weighted by Crippen LogP contribution is 2.61. The van der Waals surface area contributed by atoms with Gasteiger partial charge in [0.15, 0.2) is 11.5 Å². The molecule has 5 rings (SSSR count). The van der Waals surface area contributed by atoms with Crippen LogP contribution in [-0.2, 0) is 11.0 Å². The lowest BCUT2D eigenvalue weighted by atomic mass is 9.74. The van der Waals surface area contributed by atoms with E-state index < -0.39 is 53.1 Å². The van der Waals surface area contributed by atoms with E-state index in [2.05, 4.69) is 12.0 Å². The number of hydrogen-bond donors (Lipinski definition) is 1. The van der Waals surface area contributed by atoms with Crippen LogP contribution in [0.3, 0.4) is 0 Å². The van der Waals surface area contributed by atoms with E-state index in [9.17, 15) is 32.7 Å². The number of aliphatic carboxylic acids is 1. The average molecular weight is 663 g/mol. The Morgan fingerprint density at radius 1 is 1.02 bits per heavy atom. The Balaban J connectivity index is 1.49.